The maximum absolute atomic E-state index is 12.8. The smallest absolute Gasteiger partial charge is 0.326 e. The number of anilines is 1. The van der Waals surface area contributed by atoms with Crippen molar-refractivity contribution >= 4 is 33.2 Å². The van der Waals surface area contributed by atoms with E-state index < -0.39 is 32.6 Å². The first-order valence-corrected chi connectivity index (χ1v) is 11.5. The van der Waals surface area contributed by atoms with Crippen LogP contribution in [0.1, 0.15) is 11.1 Å². The Labute approximate surface area is 200 Å². The fraction of sp³-hybridized carbons (Fsp3) is 0.238. The summed E-state index contributed by atoms with van der Waals surface area (Å²) in [4.78, 5) is 13.8. The SMILES string of the molecule is CN(C)C.NS(=O)(=O)c1cc(NC(=O)Cc2ccccc2Cl)ccc1-n1cc(C(F)(F)F)cn1. The number of amides is 1. The predicted molar refractivity (Wildman–Crippen MR) is 123 cm³/mol. The molecule has 0 saturated heterocycles. The summed E-state index contributed by atoms with van der Waals surface area (Å²) in [5.41, 5.74) is -0.601. The largest absolute Gasteiger partial charge is 0.419 e. The summed E-state index contributed by atoms with van der Waals surface area (Å²) in [6.45, 7) is 0. The van der Waals surface area contributed by atoms with Crippen molar-refractivity contribution in [2.75, 3.05) is 26.5 Å². The van der Waals surface area contributed by atoms with Gasteiger partial charge in [-0.3, -0.25) is 4.79 Å². The molecular formula is C21H23ClF3N5O3S. The molecule has 0 unspecified atom stereocenters. The number of hydrogen-bond acceptors (Lipinski definition) is 5. The number of rotatable bonds is 5. The quantitative estimate of drug-likeness (QED) is 0.538. The van der Waals surface area contributed by atoms with Crippen LogP contribution < -0.4 is 10.5 Å². The van der Waals surface area contributed by atoms with Crippen molar-refractivity contribution in [1.29, 1.82) is 0 Å². The first kappa shape index (κ1) is 27.3. The van der Waals surface area contributed by atoms with Gasteiger partial charge in [0.15, 0.2) is 0 Å². The fourth-order valence-electron chi connectivity index (χ4n) is 2.63. The number of aromatic nitrogens is 2. The van der Waals surface area contributed by atoms with Gasteiger partial charge in [0, 0.05) is 16.9 Å². The molecule has 13 heteroatoms. The lowest BCUT2D eigenvalue weighted by Gasteiger charge is -2.12. The lowest BCUT2D eigenvalue weighted by Crippen LogP contribution is -2.18. The first-order valence-electron chi connectivity index (χ1n) is 9.61. The Morgan fingerprint density at radius 1 is 1.18 bits per heavy atom. The van der Waals surface area contributed by atoms with Gasteiger partial charge >= 0.3 is 6.18 Å². The molecule has 0 spiro atoms. The minimum absolute atomic E-state index is 0.0692. The van der Waals surface area contributed by atoms with Crippen molar-refractivity contribution in [3.63, 3.8) is 0 Å². The Balaban J connectivity index is 0.000000945. The van der Waals surface area contributed by atoms with Crippen LogP contribution >= 0.6 is 11.6 Å². The van der Waals surface area contributed by atoms with Crippen LogP contribution in [-0.2, 0) is 27.4 Å². The number of nitrogens with zero attached hydrogens (tertiary/aromatic N) is 3. The number of carbonyl (C=O) groups excluding carboxylic acids is 1. The molecule has 3 aromatic rings. The molecule has 1 aromatic heterocycles. The van der Waals surface area contributed by atoms with E-state index in [4.69, 9.17) is 16.7 Å². The number of halogens is 4. The number of nitrogens with one attached hydrogen (secondary N) is 1. The number of sulfonamides is 1. The van der Waals surface area contributed by atoms with Crippen LogP contribution in [0.15, 0.2) is 59.8 Å². The molecule has 0 atom stereocenters. The zero-order chi connectivity index (χ0) is 25.7. The number of nitrogens with two attached hydrogens (primary N) is 1. The molecule has 1 amide bonds. The van der Waals surface area contributed by atoms with Gasteiger partial charge in [0.05, 0.1) is 23.9 Å². The normalized spacial score (nSPS) is 11.7. The summed E-state index contributed by atoms with van der Waals surface area (Å²) in [5.74, 6) is -0.477. The van der Waals surface area contributed by atoms with E-state index in [1.54, 1.807) is 24.3 Å². The lowest BCUT2D eigenvalue weighted by molar-refractivity contribution is -0.137. The summed E-state index contributed by atoms with van der Waals surface area (Å²) in [7, 11) is 1.65. The molecule has 8 nitrogen and oxygen atoms in total. The van der Waals surface area contributed by atoms with Crippen LogP contribution in [0.5, 0.6) is 0 Å². The average Bonchev–Trinajstić information content (AvgIpc) is 3.19. The molecule has 0 aliphatic carbocycles. The predicted octanol–water partition coefficient (Wildman–Crippen LogP) is 3.55. The van der Waals surface area contributed by atoms with Crippen molar-refractivity contribution in [3.8, 4) is 5.69 Å². The minimum Gasteiger partial charge on any atom is -0.326 e. The number of primary sulfonamides is 1. The molecule has 3 N–H and O–H groups in total. The zero-order valence-corrected chi connectivity index (χ0v) is 20.0. The van der Waals surface area contributed by atoms with Crippen LogP contribution in [0.25, 0.3) is 5.69 Å². The maximum Gasteiger partial charge on any atom is 0.419 e. The molecule has 34 heavy (non-hydrogen) atoms. The standard InChI is InChI=1S/C18H14ClF3N4O3S.C3H9N/c19-14-4-2-1-3-11(14)7-17(27)25-13-5-6-15(16(8-13)30(23,28)29)26-10-12(9-24-26)18(20,21)22;1-4(2)3/h1-6,8-10H,7H2,(H,25,27)(H2,23,28,29);1-3H3. The van der Waals surface area contributed by atoms with Crippen molar-refractivity contribution in [1.82, 2.24) is 14.7 Å². The monoisotopic (exact) mass is 517 g/mol. The van der Waals surface area contributed by atoms with E-state index in [-0.39, 0.29) is 17.8 Å². The molecule has 0 aliphatic heterocycles. The number of benzene rings is 2. The van der Waals surface area contributed by atoms with E-state index in [9.17, 15) is 26.4 Å². The summed E-state index contributed by atoms with van der Waals surface area (Å²) in [6.07, 6.45) is -3.52. The third-order valence-corrected chi connectivity index (χ3v) is 5.32. The van der Waals surface area contributed by atoms with Crippen LogP contribution in [0, 0.1) is 0 Å². The Morgan fingerprint density at radius 3 is 2.32 bits per heavy atom. The van der Waals surface area contributed by atoms with Gasteiger partial charge in [-0.25, -0.2) is 18.2 Å². The highest BCUT2D eigenvalue weighted by Gasteiger charge is 2.32. The summed E-state index contributed by atoms with van der Waals surface area (Å²) in [5, 5.41) is 11.7. The molecule has 0 radical (unpaired) electrons. The van der Waals surface area contributed by atoms with Crippen LogP contribution in [0.4, 0.5) is 18.9 Å². The molecule has 184 valence electrons. The third kappa shape index (κ3) is 7.83. The molecule has 2 aromatic carbocycles. The molecule has 1 heterocycles. The van der Waals surface area contributed by atoms with Gasteiger partial charge in [0.2, 0.25) is 15.9 Å². The second-order valence-corrected chi connectivity index (χ2v) is 9.49. The molecular weight excluding hydrogens is 495 g/mol. The molecule has 0 bridgehead atoms. The zero-order valence-electron chi connectivity index (χ0n) is 18.5. The van der Waals surface area contributed by atoms with Gasteiger partial charge in [-0.15, -0.1) is 0 Å². The topological polar surface area (TPSA) is 110 Å². The summed E-state index contributed by atoms with van der Waals surface area (Å²) < 4.78 is 63.2. The number of hydrogen-bond donors (Lipinski definition) is 2. The highest BCUT2D eigenvalue weighted by molar-refractivity contribution is 7.89. The van der Waals surface area contributed by atoms with Gasteiger partial charge in [-0.2, -0.15) is 18.3 Å². The highest BCUT2D eigenvalue weighted by atomic mass is 35.5. The Bertz CT molecular complexity index is 1260. The maximum atomic E-state index is 12.8. The van der Waals surface area contributed by atoms with E-state index >= 15 is 0 Å². The van der Waals surface area contributed by atoms with E-state index in [1.165, 1.54) is 12.1 Å². The van der Waals surface area contributed by atoms with E-state index in [0.717, 1.165) is 10.7 Å². The van der Waals surface area contributed by atoms with Crippen LogP contribution in [-0.4, -0.2) is 50.1 Å². The van der Waals surface area contributed by atoms with E-state index in [1.807, 2.05) is 26.0 Å². The number of alkyl halides is 3. The van der Waals surface area contributed by atoms with Crippen LogP contribution in [0.3, 0.4) is 0 Å². The highest BCUT2D eigenvalue weighted by Crippen LogP contribution is 2.30. The van der Waals surface area contributed by atoms with Gasteiger partial charge < -0.3 is 10.2 Å². The van der Waals surface area contributed by atoms with Gasteiger partial charge in [-0.05, 0) is 51.0 Å². The van der Waals surface area contributed by atoms with Gasteiger partial charge in [0.25, 0.3) is 0 Å². The Morgan fingerprint density at radius 2 is 1.79 bits per heavy atom. The Hall–Kier alpha value is -2.93. The summed E-state index contributed by atoms with van der Waals surface area (Å²) >= 11 is 6.01. The van der Waals surface area contributed by atoms with E-state index in [0.29, 0.717) is 23.0 Å². The van der Waals surface area contributed by atoms with Gasteiger partial charge in [-0.1, -0.05) is 29.8 Å². The third-order valence-electron chi connectivity index (χ3n) is 4.02. The van der Waals surface area contributed by atoms with Crippen molar-refractivity contribution in [2.24, 2.45) is 5.14 Å². The van der Waals surface area contributed by atoms with Crippen molar-refractivity contribution in [2.45, 2.75) is 17.5 Å². The second kappa shape index (κ2) is 11.0. The summed E-state index contributed by atoms with van der Waals surface area (Å²) in [6, 6.07) is 10.3. The van der Waals surface area contributed by atoms with Crippen LogP contribution in [0.2, 0.25) is 5.02 Å². The molecule has 0 aliphatic rings. The minimum atomic E-state index is -4.65. The van der Waals surface area contributed by atoms with Crippen molar-refractivity contribution in [3.05, 3.63) is 71.0 Å². The molecule has 0 fully saturated rings. The average molecular weight is 518 g/mol. The van der Waals surface area contributed by atoms with Crippen molar-refractivity contribution < 1.29 is 26.4 Å². The lowest BCUT2D eigenvalue weighted by atomic mass is 10.1. The second-order valence-electron chi connectivity index (χ2n) is 7.56. The van der Waals surface area contributed by atoms with E-state index in [2.05, 4.69) is 10.4 Å². The number of carbonyl (C=O) groups is 1. The molecule has 0 saturated carbocycles. The Kier molecular flexibility index (Phi) is 8.83. The first-order chi connectivity index (χ1) is 15.7. The van der Waals surface area contributed by atoms with Gasteiger partial charge in [0.1, 0.15) is 4.90 Å². The fourth-order valence-corrected chi connectivity index (χ4v) is 3.58. The molecule has 3 rings (SSSR count).